The Morgan fingerprint density at radius 1 is 1.03 bits per heavy atom. The molecule has 1 aromatic rings. The van der Waals surface area contributed by atoms with E-state index >= 15 is 0 Å². The van der Waals surface area contributed by atoms with Gasteiger partial charge in [-0.2, -0.15) is 0 Å². The molecule has 2 bridgehead atoms. The van der Waals surface area contributed by atoms with E-state index in [1.54, 1.807) is 0 Å². The summed E-state index contributed by atoms with van der Waals surface area (Å²) in [6.45, 7) is 13.4. The van der Waals surface area contributed by atoms with E-state index in [0.29, 0.717) is 42.7 Å². The number of carbonyl (C=O) groups is 1. The molecule has 0 spiro atoms. The van der Waals surface area contributed by atoms with Gasteiger partial charge in [0.25, 0.3) is 0 Å². The van der Waals surface area contributed by atoms with Gasteiger partial charge in [-0.15, -0.1) is 0 Å². The standard InChI is InChI=1S/C27H45BN6O/c1-19(2)26(35)13-21-5-7-24(8-6-21)32-11-9-22(10-12-32)23-14-29-27(30-15-23)34-25-16-31-28(34)18-33(17-25)20(3)4/h14-15,19-22,24-25,31H,5-13,16-18H2,1-4H3. The fourth-order valence-electron chi connectivity index (χ4n) is 6.83. The quantitative estimate of drug-likeness (QED) is 0.601. The molecule has 3 aliphatic heterocycles. The van der Waals surface area contributed by atoms with Crippen molar-refractivity contribution < 1.29 is 4.79 Å². The molecular weight excluding hydrogens is 435 g/mol. The number of carbonyl (C=O) groups excluding carboxylic acids is 1. The molecule has 1 unspecified atom stereocenters. The van der Waals surface area contributed by atoms with Crippen molar-refractivity contribution in [1.82, 2.24) is 25.0 Å². The van der Waals surface area contributed by atoms with Gasteiger partial charge in [0.2, 0.25) is 5.95 Å². The Labute approximate surface area is 212 Å². The molecule has 8 heteroatoms. The van der Waals surface area contributed by atoms with Crippen molar-refractivity contribution in [2.75, 3.05) is 37.4 Å². The van der Waals surface area contributed by atoms with Gasteiger partial charge in [0.05, 0.1) is 0 Å². The van der Waals surface area contributed by atoms with E-state index in [1.165, 1.54) is 57.2 Å². The molecule has 5 rings (SSSR count). The van der Waals surface area contributed by atoms with Gasteiger partial charge in [-0.1, -0.05) is 13.8 Å². The molecular formula is C27H45BN6O. The van der Waals surface area contributed by atoms with Gasteiger partial charge in [-0.3, -0.25) is 4.79 Å². The maximum absolute atomic E-state index is 12.1. The Morgan fingerprint density at radius 3 is 2.31 bits per heavy atom. The van der Waals surface area contributed by atoms with Crippen molar-refractivity contribution in [3.05, 3.63) is 18.0 Å². The van der Waals surface area contributed by atoms with E-state index in [2.05, 4.69) is 46.1 Å². The zero-order valence-corrected chi connectivity index (χ0v) is 22.3. The summed E-state index contributed by atoms with van der Waals surface area (Å²) in [6, 6.07) is 1.76. The summed E-state index contributed by atoms with van der Waals surface area (Å²) in [5.74, 6) is 2.72. The third-order valence-corrected chi connectivity index (χ3v) is 9.26. The van der Waals surface area contributed by atoms with Crippen molar-refractivity contribution in [2.45, 2.75) is 96.7 Å². The molecule has 1 aromatic heterocycles. The first-order valence-electron chi connectivity index (χ1n) is 14.2. The molecule has 7 nitrogen and oxygen atoms in total. The number of anilines is 1. The van der Waals surface area contributed by atoms with Crippen molar-refractivity contribution in [1.29, 1.82) is 0 Å². The number of Topliss-reactive ketones (excluding diaryl/α,β-unsaturated/α-hetero) is 1. The van der Waals surface area contributed by atoms with Crippen LogP contribution in [0.3, 0.4) is 0 Å². The fraction of sp³-hybridized carbons (Fsp3) is 0.815. The second-order valence-corrected chi connectivity index (χ2v) is 12.2. The number of aromatic nitrogens is 2. The SMILES string of the molecule is CC(C)C(=O)CC1CCC(N2CCC(c3cnc(N4B5CN(C(C)C)CC4CN5)nc3)CC2)CC1. The van der Waals surface area contributed by atoms with Crippen molar-refractivity contribution in [3.63, 3.8) is 0 Å². The van der Waals surface area contributed by atoms with Crippen LogP contribution in [0.4, 0.5) is 5.95 Å². The molecule has 4 aliphatic rings. The maximum atomic E-state index is 12.1. The molecule has 0 radical (unpaired) electrons. The minimum absolute atomic E-state index is 0.187. The first kappa shape index (κ1) is 25.2. The van der Waals surface area contributed by atoms with Gasteiger partial charge in [0.1, 0.15) is 5.78 Å². The van der Waals surface area contributed by atoms with Crippen LogP contribution in [-0.4, -0.2) is 83.3 Å². The molecule has 1 aliphatic carbocycles. The van der Waals surface area contributed by atoms with E-state index in [1.807, 2.05) is 13.8 Å². The van der Waals surface area contributed by atoms with E-state index in [9.17, 15) is 4.79 Å². The smallest absolute Gasteiger partial charge is 0.357 e. The molecule has 35 heavy (non-hydrogen) atoms. The van der Waals surface area contributed by atoms with Crippen molar-refractivity contribution >= 4 is 18.7 Å². The zero-order chi connectivity index (χ0) is 24.5. The average molecular weight is 481 g/mol. The number of fused-ring (bicyclic) bond motifs is 2. The monoisotopic (exact) mass is 480 g/mol. The normalized spacial score (nSPS) is 28.9. The van der Waals surface area contributed by atoms with Gasteiger partial charge >= 0.3 is 6.98 Å². The van der Waals surface area contributed by atoms with Crippen LogP contribution >= 0.6 is 0 Å². The molecule has 4 fully saturated rings. The van der Waals surface area contributed by atoms with Crippen LogP contribution in [0.1, 0.15) is 84.1 Å². The Morgan fingerprint density at radius 2 is 1.71 bits per heavy atom. The van der Waals surface area contributed by atoms with Gasteiger partial charge < -0.3 is 19.8 Å². The van der Waals surface area contributed by atoms with E-state index in [4.69, 9.17) is 9.97 Å². The molecule has 0 aromatic carbocycles. The highest BCUT2D eigenvalue weighted by Crippen LogP contribution is 2.35. The second kappa shape index (κ2) is 10.9. The van der Waals surface area contributed by atoms with Crippen LogP contribution in [0.15, 0.2) is 12.4 Å². The molecule has 1 saturated carbocycles. The minimum atomic E-state index is 0.187. The topological polar surface area (TPSA) is 64.6 Å². The highest BCUT2D eigenvalue weighted by molar-refractivity contribution is 6.62. The average Bonchev–Trinajstić information content (AvgIpc) is 3.13. The lowest BCUT2D eigenvalue weighted by Crippen LogP contribution is -2.61. The number of nitrogens with one attached hydrogen (secondary N) is 1. The van der Waals surface area contributed by atoms with Gasteiger partial charge in [0, 0.05) is 62.4 Å². The number of rotatable bonds is 7. The Balaban J connectivity index is 1.10. The van der Waals surface area contributed by atoms with Gasteiger partial charge in [0.15, 0.2) is 0 Å². The number of nitrogens with zero attached hydrogens (tertiary/aromatic N) is 5. The summed E-state index contributed by atoms with van der Waals surface area (Å²) in [7, 11) is 0. The number of piperidine rings is 1. The van der Waals surface area contributed by atoms with Crippen molar-refractivity contribution in [2.24, 2.45) is 11.8 Å². The predicted molar refractivity (Wildman–Crippen MR) is 143 cm³/mol. The highest BCUT2D eigenvalue weighted by Gasteiger charge is 2.45. The molecule has 0 amide bonds. The van der Waals surface area contributed by atoms with E-state index in [0.717, 1.165) is 31.9 Å². The van der Waals surface area contributed by atoms with Crippen LogP contribution in [0.2, 0.25) is 0 Å². The molecule has 192 valence electrons. The zero-order valence-electron chi connectivity index (χ0n) is 22.3. The van der Waals surface area contributed by atoms with Crippen LogP contribution in [0.25, 0.3) is 0 Å². The highest BCUT2D eigenvalue weighted by atomic mass is 16.1. The number of hydrogen-bond acceptors (Lipinski definition) is 7. The van der Waals surface area contributed by atoms with Gasteiger partial charge in [-0.05, 0) is 82.9 Å². The summed E-state index contributed by atoms with van der Waals surface area (Å²) in [5.41, 5.74) is 1.31. The summed E-state index contributed by atoms with van der Waals surface area (Å²) >= 11 is 0. The second-order valence-electron chi connectivity index (χ2n) is 12.2. The molecule has 3 saturated heterocycles. The largest absolute Gasteiger partial charge is 0.364 e. The first-order valence-corrected chi connectivity index (χ1v) is 14.2. The maximum Gasteiger partial charge on any atom is 0.357 e. The molecule has 1 atom stereocenters. The minimum Gasteiger partial charge on any atom is -0.364 e. The molecule has 1 N–H and O–H groups in total. The predicted octanol–water partition coefficient (Wildman–Crippen LogP) is 3.36. The van der Waals surface area contributed by atoms with Gasteiger partial charge in [-0.25, -0.2) is 9.97 Å². The van der Waals surface area contributed by atoms with E-state index < -0.39 is 0 Å². The number of hydrogen-bond donors (Lipinski definition) is 1. The Bertz CT molecular complexity index is 834. The fourth-order valence-corrected chi connectivity index (χ4v) is 6.83. The van der Waals surface area contributed by atoms with Crippen LogP contribution in [0.5, 0.6) is 0 Å². The molecule has 4 heterocycles. The third-order valence-electron chi connectivity index (χ3n) is 9.26. The van der Waals surface area contributed by atoms with Crippen LogP contribution in [-0.2, 0) is 4.79 Å². The first-order chi connectivity index (χ1) is 16.9. The summed E-state index contributed by atoms with van der Waals surface area (Å²) in [6.07, 6.45) is 13.4. The Hall–Kier alpha value is -1.51. The number of likely N-dealkylation sites (tertiary alicyclic amines) is 1. The summed E-state index contributed by atoms with van der Waals surface area (Å²) in [5, 5.41) is 3.66. The lowest BCUT2D eigenvalue weighted by Gasteiger charge is -2.41. The van der Waals surface area contributed by atoms with Crippen molar-refractivity contribution in [3.8, 4) is 0 Å². The third kappa shape index (κ3) is 5.59. The van der Waals surface area contributed by atoms with E-state index in [-0.39, 0.29) is 5.92 Å². The van der Waals surface area contributed by atoms with Crippen LogP contribution in [0, 0.1) is 11.8 Å². The lowest BCUT2D eigenvalue weighted by atomic mass is 9.73. The number of ketones is 1. The Kier molecular flexibility index (Phi) is 7.80. The van der Waals surface area contributed by atoms with Crippen LogP contribution < -0.4 is 10.0 Å². The lowest BCUT2D eigenvalue weighted by molar-refractivity contribution is -0.123. The summed E-state index contributed by atoms with van der Waals surface area (Å²) < 4.78 is 0. The summed E-state index contributed by atoms with van der Waals surface area (Å²) in [4.78, 5) is 29.5.